The molecule has 0 spiro atoms. The summed E-state index contributed by atoms with van der Waals surface area (Å²) in [5, 5.41) is 23.5. The van der Waals surface area contributed by atoms with Crippen molar-refractivity contribution < 1.29 is 9.90 Å². The number of pyridine rings is 1. The molecule has 1 atom stereocenters. The summed E-state index contributed by atoms with van der Waals surface area (Å²) < 4.78 is 0. The van der Waals surface area contributed by atoms with Gasteiger partial charge in [-0.25, -0.2) is 0 Å². The van der Waals surface area contributed by atoms with Crippen LogP contribution < -0.4 is 10.9 Å². The summed E-state index contributed by atoms with van der Waals surface area (Å²) in [6.07, 6.45) is 0.989. The van der Waals surface area contributed by atoms with Crippen LogP contribution in [0.25, 0.3) is 0 Å². The van der Waals surface area contributed by atoms with E-state index in [9.17, 15) is 14.7 Å². The predicted molar refractivity (Wildman–Crippen MR) is 89.8 cm³/mol. The zero-order chi connectivity index (χ0) is 17.3. The molecule has 2 aromatic rings. The Balaban J connectivity index is 1.87. The first-order valence-electron chi connectivity index (χ1n) is 7.66. The molecule has 0 saturated heterocycles. The SMILES string of the molecule is Cc1[nH]c(=O)c(C#N)cc1C(=O)N[C@H](c1cccs1)C1CC(O)C1. The number of hydrogen-bond donors (Lipinski definition) is 3. The summed E-state index contributed by atoms with van der Waals surface area (Å²) in [5.74, 6) is -0.152. The highest BCUT2D eigenvalue weighted by Crippen LogP contribution is 2.39. The minimum Gasteiger partial charge on any atom is -0.393 e. The molecule has 0 aliphatic heterocycles. The molecule has 2 aromatic heterocycles. The van der Waals surface area contributed by atoms with Crippen molar-refractivity contribution in [3.8, 4) is 6.07 Å². The average Bonchev–Trinajstić information content (AvgIpc) is 3.04. The van der Waals surface area contributed by atoms with Crippen LogP contribution in [0.5, 0.6) is 0 Å². The second kappa shape index (κ2) is 6.59. The van der Waals surface area contributed by atoms with Gasteiger partial charge in [0.2, 0.25) is 0 Å². The van der Waals surface area contributed by atoms with Crippen LogP contribution in [0.1, 0.15) is 45.4 Å². The number of aromatic amines is 1. The fourth-order valence-electron chi connectivity index (χ4n) is 2.95. The van der Waals surface area contributed by atoms with Crippen LogP contribution in [0.3, 0.4) is 0 Å². The molecule has 0 unspecified atom stereocenters. The van der Waals surface area contributed by atoms with Crippen molar-refractivity contribution in [3.63, 3.8) is 0 Å². The Bertz CT molecular complexity index is 845. The number of amides is 1. The lowest BCUT2D eigenvalue weighted by Crippen LogP contribution is -2.41. The van der Waals surface area contributed by atoms with Gasteiger partial charge in [0.25, 0.3) is 11.5 Å². The first kappa shape index (κ1) is 16.4. The summed E-state index contributed by atoms with van der Waals surface area (Å²) in [5.41, 5.74) is 0.128. The molecule has 1 amide bonds. The summed E-state index contributed by atoms with van der Waals surface area (Å²) in [4.78, 5) is 27.9. The number of aryl methyl sites for hydroxylation is 1. The molecule has 6 nitrogen and oxygen atoms in total. The molecule has 7 heteroatoms. The maximum atomic E-state index is 12.7. The van der Waals surface area contributed by atoms with E-state index in [0.717, 1.165) is 4.88 Å². The third kappa shape index (κ3) is 3.11. The smallest absolute Gasteiger partial charge is 0.266 e. The topological polar surface area (TPSA) is 106 Å². The Morgan fingerprint density at radius 1 is 1.54 bits per heavy atom. The predicted octanol–water partition coefficient (Wildman–Crippen LogP) is 1.86. The molecule has 2 heterocycles. The van der Waals surface area contributed by atoms with E-state index in [4.69, 9.17) is 5.26 Å². The van der Waals surface area contributed by atoms with Crippen molar-refractivity contribution in [1.82, 2.24) is 10.3 Å². The number of carbonyl (C=O) groups excluding carboxylic acids is 1. The van der Waals surface area contributed by atoms with E-state index in [1.165, 1.54) is 6.07 Å². The Kier molecular flexibility index (Phi) is 4.51. The fourth-order valence-corrected chi connectivity index (χ4v) is 3.82. The highest BCUT2D eigenvalue weighted by Gasteiger charge is 2.36. The highest BCUT2D eigenvalue weighted by atomic mass is 32.1. The second-order valence-electron chi connectivity index (χ2n) is 6.01. The number of nitrogens with one attached hydrogen (secondary N) is 2. The monoisotopic (exact) mass is 343 g/mol. The van der Waals surface area contributed by atoms with Crippen LogP contribution in [0, 0.1) is 24.2 Å². The molecule has 0 bridgehead atoms. The van der Waals surface area contributed by atoms with Gasteiger partial charge >= 0.3 is 0 Å². The van der Waals surface area contributed by atoms with Crippen LogP contribution in [0.2, 0.25) is 0 Å². The van der Waals surface area contributed by atoms with Crippen LogP contribution in [0.4, 0.5) is 0 Å². The van der Waals surface area contributed by atoms with Crippen molar-refractivity contribution in [3.05, 3.63) is 55.6 Å². The number of H-pyrrole nitrogens is 1. The van der Waals surface area contributed by atoms with Gasteiger partial charge in [-0.1, -0.05) is 6.07 Å². The van der Waals surface area contributed by atoms with Gasteiger partial charge in [-0.15, -0.1) is 11.3 Å². The molecular formula is C17H17N3O3S. The quantitative estimate of drug-likeness (QED) is 0.788. The third-order valence-electron chi connectivity index (χ3n) is 4.36. The lowest BCUT2D eigenvalue weighted by molar-refractivity contribution is 0.0241. The summed E-state index contributed by atoms with van der Waals surface area (Å²) in [7, 11) is 0. The fraction of sp³-hybridized carbons (Fsp3) is 0.353. The summed E-state index contributed by atoms with van der Waals surface area (Å²) >= 11 is 1.55. The number of aliphatic hydroxyl groups excluding tert-OH is 1. The Hall–Kier alpha value is -2.43. The largest absolute Gasteiger partial charge is 0.393 e. The maximum absolute atomic E-state index is 12.7. The first-order chi connectivity index (χ1) is 11.5. The summed E-state index contributed by atoms with van der Waals surface area (Å²) in [6, 6.07) is 6.82. The Morgan fingerprint density at radius 3 is 2.88 bits per heavy atom. The van der Waals surface area contributed by atoms with Crippen molar-refractivity contribution in [2.45, 2.75) is 31.9 Å². The molecular weight excluding hydrogens is 326 g/mol. The Labute approximate surface area is 142 Å². The number of aliphatic hydroxyl groups is 1. The van der Waals surface area contributed by atoms with Gasteiger partial charge in [0, 0.05) is 10.6 Å². The number of hydrogen-bond acceptors (Lipinski definition) is 5. The van der Waals surface area contributed by atoms with Gasteiger partial charge < -0.3 is 15.4 Å². The molecule has 0 aromatic carbocycles. The van der Waals surface area contributed by atoms with Crippen molar-refractivity contribution in [1.29, 1.82) is 5.26 Å². The van der Waals surface area contributed by atoms with Crippen LogP contribution >= 0.6 is 11.3 Å². The van der Waals surface area contributed by atoms with E-state index in [0.29, 0.717) is 18.5 Å². The molecule has 1 fully saturated rings. The van der Waals surface area contributed by atoms with E-state index in [1.54, 1.807) is 24.3 Å². The van der Waals surface area contributed by atoms with E-state index in [-0.39, 0.29) is 35.1 Å². The normalized spacial score (nSPS) is 20.7. The van der Waals surface area contributed by atoms with Gasteiger partial charge in [0.1, 0.15) is 11.6 Å². The van der Waals surface area contributed by atoms with E-state index >= 15 is 0 Å². The van der Waals surface area contributed by atoms with Crippen molar-refractivity contribution in [2.24, 2.45) is 5.92 Å². The van der Waals surface area contributed by atoms with Gasteiger partial charge in [0.15, 0.2) is 0 Å². The second-order valence-corrected chi connectivity index (χ2v) is 6.99. The molecule has 0 radical (unpaired) electrons. The van der Waals surface area contributed by atoms with Gasteiger partial charge in [0.05, 0.1) is 17.7 Å². The number of nitriles is 1. The van der Waals surface area contributed by atoms with Crippen molar-refractivity contribution >= 4 is 17.2 Å². The highest BCUT2D eigenvalue weighted by molar-refractivity contribution is 7.10. The van der Waals surface area contributed by atoms with E-state index in [2.05, 4.69) is 10.3 Å². The maximum Gasteiger partial charge on any atom is 0.266 e. The molecule has 24 heavy (non-hydrogen) atoms. The third-order valence-corrected chi connectivity index (χ3v) is 5.32. The number of rotatable bonds is 4. The standard InChI is InChI=1S/C17H17N3O3S/c1-9-13(7-11(8-18)16(22)19-9)17(23)20-15(10-5-12(21)6-10)14-3-2-4-24-14/h2-4,7,10,12,15,21H,5-6H2,1H3,(H,19,22)(H,20,23)/t10?,12?,15-/m0/s1. The Morgan fingerprint density at radius 2 is 2.29 bits per heavy atom. The molecule has 1 saturated carbocycles. The minimum atomic E-state index is -0.497. The van der Waals surface area contributed by atoms with Gasteiger partial charge in [-0.2, -0.15) is 5.26 Å². The average molecular weight is 343 g/mol. The number of nitrogens with zero attached hydrogens (tertiary/aromatic N) is 1. The molecule has 3 N–H and O–H groups in total. The van der Waals surface area contributed by atoms with Crippen LogP contribution in [-0.4, -0.2) is 22.1 Å². The number of aromatic nitrogens is 1. The zero-order valence-corrected chi connectivity index (χ0v) is 13.9. The number of carbonyl (C=O) groups is 1. The first-order valence-corrected chi connectivity index (χ1v) is 8.54. The van der Waals surface area contributed by atoms with E-state index in [1.807, 2.05) is 17.5 Å². The lowest BCUT2D eigenvalue weighted by atomic mass is 9.76. The van der Waals surface area contributed by atoms with Crippen LogP contribution in [-0.2, 0) is 0 Å². The van der Waals surface area contributed by atoms with Crippen LogP contribution in [0.15, 0.2) is 28.4 Å². The molecule has 3 rings (SSSR count). The van der Waals surface area contributed by atoms with Gasteiger partial charge in [-0.3, -0.25) is 9.59 Å². The lowest BCUT2D eigenvalue weighted by Gasteiger charge is -2.37. The van der Waals surface area contributed by atoms with Gasteiger partial charge in [-0.05, 0) is 43.2 Å². The van der Waals surface area contributed by atoms with Crippen molar-refractivity contribution in [2.75, 3.05) is 0 Å². The minimum absolute atomic E-state index is 0.0857. The number of thiophene rings is 1. The summed E-state index contributed by atoms with van der Waals surface area (Å²) in [6.45, 7) is 1.63. The molecule has 124 valence electrons. The van der Waals surface area contributed by atoms with E-state index < -0.39 is 5.56 Å². The molecule has 1 aliphatic rings. The zero-order valence-electron chi connectivity index (χ0n) is 13.1. The molecule has 1 aliphatic carbocycles.